The van der Waals surface area contributed by atoms with Crippen LogP contribution < -0.4 is 5.32 Å². The summed E-state index contributed by atoms with van der Waals surface area (Å²) in [4.78, 5) is 13.6. The predicted octanol–water partition coefficient (Wildman–Crippen LogP) is 1.59. The summed E-state index contributed by atoms with van der Waals surface area (Å²) in [5, 5.41) is 3.03. The Hall–Kier alpha value is -0.730. The van der Waals surface area contributed by atoms with E-state index in [1.54, 1.807) is 0 Å². The van der Waals surface area contributed by atoms with E-state index in [0.29, 0.717) is 12.0 Å². The fraction of sp³-hybridized carbons (Fsp3) is 0.900. The van der Waals surface area contributed by atoms with Crippen molar-refractivity contribution in [2.45, 2.75) is 51.7 Å². The van der Waals surface area contributed by atoms with Crippen molar-refractivity contribution < 1.29 is 4.79 Å². The van der Waals surface area contributed by atoms with Crippen LogP contribution in [0.15, 0.2) is 0 Å². The lowest BCUT2D eigenvalue weighted by molar-refractivity contribution is 0.230. The molecule has 2 rings (SSSR count). The third-order valence-corrected chi connectivity index (χ3v) is 3.87. The summed E-state index contributed by atoms with van der Waals surface area (Å²) in [6, 6.07) is 0.502. The summed E-state index contributed by atoms with van der Waals surface area (Å²) < 4.78 is 0. The molecule has 2 heterocycles. The molecule has 13 heavy (non-hydrogen) atoms. The Labute approximate surface area is 79.5 Å². The Morgan fingerprint density at radius 3 is 2.23 bits per heavy atom. The minimum Gasteiger partial charge on any atom is -0.331 e. The summed E-state index contributed by atoms with van der Waals surface area (Å²) in [5.41, 5.74) is -0.0260. The second kappa shape index (κ2) is 2.02. The van der Waals surface area contributed by atoms with Crippen molar-refractivity contribution >= 4 is 6.03 Å². The lowest BCUT2D eigenvalue weighted by Crippen LogP contribution is -2.52. The third kappa shape index (κ3) is 0.697. The van der Waals surface area contributed by atoms with E-state index in [0.717, 1.165) is 0 Å². The Morgan fingerprint density at radius 1 is 1.46 bits per heavy atom. The molecule has 2 aliphatic rings. The Kier molecular flexibility index (Phi) is 1.37. The van der Waals surface area contributed by atoms with Gasteiger partial charge in [-0.05, 0) is 26.7 Å². The summed E-state index contributed by atoms with van der Waals surface area (Å²) in [6.45, 7) is 10.8. The SMILES string of the molecule is CC(C)C12C(C)N1C(=O)NC2(C)C. The molecule has 2 fully saturated rings. The molecule has 3 nitrogen and oxygen atoms in total. The molecule has 0 radical (unpaired) electrons. The first kappa shape index (κ1) is 8.85. The molecule has 0 spiro atoms. The number of urea groups is 1. The highest BCUT2D eigenvalue weighted by atomic mass is 16.2. The summed E-state index contributed by atoms with van der Waals surface area (Å²) in [7, 11) is 0. The molecule has 3 heteroatoms. The van der Waals surface area contributed by atoms with E-state index in [-0.39, 0.29) is 17.1 Å². The van der Waals surface area contributed by atoms with Crippen molar-refractivity contribution in [2.24, 2.45) is 5.92 Å². The van der Waals surface area contributed by atoms with E-state index >= 15 is 0 Å². The molecule has 2 unspecified atom stereocenters. The lowest BCUT2D eigenvalue weighted by atomic mass is 9.77. The Morgan fingerprint density at radius 2 is 2.00 bits per heavy atom. The number of amides is 2. The molecule has 1 N–H and O–H groups in total. The van der Waals surface area contributed by atoms with Gasteiger partial charge in [-0.25, -0.2) is 4.79 Å². The van der Waals surface area contributed by atoms with E-state index in [4.69, 9.17) is 0 Å². The maximum Gasteiger partial charge on any atom is 0.318 e. The molecule has 0 saturated carbocycles. The van der Waals surface area contributed by atoms with Gasteiger partial charge in [-0.3, -0.25) is 0 Å². The number of nitrogens with zero attached hydrogens (tertiary/aromatic N) is 1. The number of hydrogen-bond donors (Lipinski definition) is 1. The first-order valence-corrected chi connectivity index (χ1v) is 4.97. The van der Waals surface area contributed by atoms with E-state index in [9.17, 15) is 4.79 Å². The summed E-state index contributed by atoms with van der Waals surface area (Å²) in [6.07, 6.45) is 0. The lowest BCUT2D eigenvalue weighted by Gasteiger charge is -2.32. The highest BCUT2D eigenvalue weighted by molar-refractivity contribution is 5.85. The van der Waals surface area contributed by atoms with E-state index in [1.807, 2.05) is 4.90 Å². The van der Waals surface area contributed by atoms with Gasteiger partial charge in [0.25, 0.3) is 0 Å². The highest BCUT2D eigenvalue weighted by Crippen LogP contribution is 2.57. The van der Waals surface area contributed by atoms with E-state index in [1.165, 1.54) is 0 Å². The molecule has 2 aliphatic heterocycles. The first-order chi connectivity index (χ1) is 5.85. The second-order valence-electron chi connectivity index (χ2n) is 5.08. The van der Waals surface area contributed by atoms with Crippen LogP contribution in [0.25, 0.3) is 0 Å². The van der Waals surface area contributed by atoms with Crippen LogP contribution in [0.4, 0.5) is 4.79 Å². The van der Waals surface area contributed by atoms with Crippen LogP contribution in [0, 0.1) is 5.92 Å². The topological polar surface area (TPSA) is 32.1 Å². The fourth-order valence-electron chi connectivity index (χ4n) is 3.52. The molecule has 0 aromatic carbocycles. The average Bonchev–Trinajstić information content (AvgIpc) is 2.48. The molecule has 0 bridgehead atoms. The van der Waals surface area contributed by atoms with Crippen LogP contribution in [-0.2, 0) is 0 Å². The van der Waals surface area contributed by atoms with Crippen LogP contribution in [0.5, 0.6) is 0 Å². The first-order valence-electron chi connectivity index (χ1n) is 4.97. The van der Waals surface area contributed by atoms with Crippen LogP contribution >= 0.6 is 0 Å². The molecular formula is C10H18N2O. The van der Waals surface area contributed by atoms with Crippen LogP contribution in [0.3, 0.4) is 0 Å². The predicted molar refractivity (Wildman–Crippen MR) is 51.5 cm³/mol. The van der Waals surface area contributed by atoms with Gasteiger partial charge in [0.2, 0.25) is 0 Å². The van der Waals surface area contributed by atoms with Crippen LogP contribution in [0.2, 0.25) is 0 Å². The molecule has 0 aliphatic carbocycles. The summed E-state index contributed by atoms with van der Waals surface area (Å²) in [5.74, 6) is 0.511. The standard InChI is InChI=1S/C10H18N2O/c1-6(2)10-7(3)12(10)8(13)11-9(10,4)5/h6-7H,1-5H3,(H,11,13). The van der Waals surface area contributed by atoms with Crippen molar-refractivity contribution in [2.75, 3.05) is 0 Å². The fourth-order valence-corrected chi connectivity index (χ4v) is 3.52. The van der Waals surface area contributed by atoms with E-state index in [2.05, 4.69) is 39.9 Å². The zero-order chi connectivity index (χ0) is 10.0. The molecule has 0 aromatic rings. The third-order valence-electron chi connectivity index (χ3n) is 3.87. The smallest absolute Gasteiger partial charge is 0.318 e. The largest absolute Gasteiger partial charge is 0.331 e. The minimum atomic E-state index is -0.0856. The van der Waals surface area contributed by atoms with Gasteiger partial charge in [0.05, 0.1) is 17.1 Å². The van der Waals surface area contributed by atoms with Crippen molar-refractivity contribution in [1.82, 2.24) is 10.2 Å². The normalized spacial score (nSPS) is 40.6. The highest BCUT2D eigenvalue weighted by Gasteiger charge is 2.76. The number of rotatable bonds is 1. The van der Waals surface area contributed by atoms with Gasteiger partial charge in [-0.15, -0.1) is 0 Å². The van der Waals surface area contributed by atoms with Crippen molar-refractivity contribution in [1.29, 1.82) is 0 Å². The van der Waals surface area contributed by atoms with Crippen molar-refractivity contribution in [3.8, 4) is 0 Å². The summed E-state index contributed by atoms with van der Waals surface area (Å²) >= 11 is 0. The Balaban J connectivity index is 2.43. The van der Waals surface area contributed by atoms with Gasteiger partial charge in [0.15, 0.2) is 0 Å². The van der Waals surface area contributed by atoms with Crippen LogP contribution in [0.1, 0.15) is 34.6 Å². The maximum atomic E-state index is 11.6. The number of hydrogen-bond acceptors (Lipinski definition) is 1. The van der Waals surface area contributed by atoms with Crippen LogP contribution in [-0.4, -0.2) is 28.1 Å². The van der Waals surface area contributed by atoms with Crippen molar-refractivity contribution in [3.63, 3.8) is 0 Å². The molecule has 2 amide bonds. The second-order valence-corrected chi connectivity index (χ2v) is 5.08. The maximum absolute atomic E-state index is 11.6. The number of nitrogens with one attached hydrogen (secondary N) is 1. The average molecular weight is 182 g/mol. The molecular weight excluding hydrogens is 164 g/mol. The van der Waals surface area contributed by atoms with Gasteiger partial charge in [0, 0.05) is 0 Å². The quantitative estimate of drug-likeness (QED) is 0.614. The van der Waals surface area contributed by atoms with Crippen molar-refractivity contribution in [3.05, 3.63) is 0 Å². The monoisotopic (exact) mass is 182 g/mol. The molecule has 74 valence electrons. The van der Waals surface area contributed by atoms with Gasteiger partial charge in [0.1, 0.15) is 0 Å². The van der Waals surface area contributed by atoms with E-state index < -0.39 is 0 Å². The number of carbonyl (C=O) groups is 1. The molecule has 2 atom stereocenters. The van der Waals surface area contributed by atoms with Gasteiger partial charge in [-0.1, -0.05) is 13.8 Å². The minimum absolute atomic E-state index is 0.0596. The number of carbonyl (C=O) groups excluding carboxylic acids is 1. The number of fused-ring (bicyclic) bond motifs is 1. The zero-order valence-electron chi connectivity index (χ0n) is 9.01. The van der Waals surface area contributed by atoms with Gasteiger partial charge >= 0.3 is 6.03 Å². The Bertz CT molecular complexity index is 272. The molecule has 0 aromatic heterocycles. The molecule has 2 saturated heterocycles. The zero-order valence-corrected chi connectivity index (χ0v) is 9.01. The van der Waals surface area contributed by atoms with Gasteiger partial charge in [-0.2, -0.15) is 0 Å². The van der Waals surface area contributed by atoms with Gasteiger partial charge < -0.3 is 10.2 Å².